The first-order valence-electron chi connectivity index (χ1n) is 6.27. The molecule has 0 aliphatic carbocycles. The standard InChI is InChI=1S/C16H18O4/c1-8-5-11(17)7-13(19)14(8)15-10(3)16(20-4)9(2)6-12(15)18/h5-7,17-19H,1-4H3. The number of aromatic hydroxyl groups is 3. The summed E-state index contributed by atoms with van der Waals surface area (Å²) in [7, 11) is 1.57. The summed E-state index contributed by atoms with van der Waals surface area (Å²) in [5.41, 5.74) is 3.25. The number of ether oxygens (including phenoxy) is 1. The second-order valence-electron chi connectivity index (χ2n) is 4.90. The summed E-state index contributed by atoms with van der Waals surface area (Å²) >= 11 is 0. The molecular formula is C16H18O4. The summed E-state index contributed by atoms with van der Waals surface area (Å²) in [4.78, 5) is 0. The van der Waals surface area contributed by atoms with Gasteiger partial charge in [0.15, 0.2) is 0 Å². The Bertz CT molecular complexity index is 652. The minimum absolute atomic E-state index is 0.0139. The van der Waals surface area contributed by atoms with Crippen LogP contribution >= 0.6 is 0 Å². The van der Waals surface area contributed by atoms with Crippen molar-refractivity contribution in [2.24, 2.45) is 0 Å². The predicted octanol–water partition coefficient (Wildman–Crippen LogP) is 3.40. The van der Waals surface area contributed by atoms with E-state index in [9.17, 15) is 15.3 Å². The minimum Gasteiger partial charge on any atom is -0.508 e. The van der Waals surface area contributed by atoms with Gasteiger partial charge in [0.1, 0.15) is 23.0 Å². The highest BCUT2D eigenvalue weighted by Gasteiger charge is 2.19. The van der Waals surface area contributed by atoms with E-state index >= 15 is 0 Å². The third kappa shape index (κ3) is 2.13. The van der Waals surface area contributed by atoms with Gasteiger partial charge in [0.05, 0.1) is 7.11 Å². The summed E-state index contributed by atoms with van der Waals surface area (Å²) in [5, 5.41) is 29.8. The van der Waals surface area contributed by atoms with Crippen LogP contribution in [0.3, 0.4) is 0 Å². The van der Waals surface area contributed by atoms with Crippen LogP contribution in [0.2, 0.25) is 0 Å². The molecule has 0 unspecified atom stereocenters. The van der Waals surface area contributed by atoms with Crippen LogP contribution in [0.4, 0.5) is 0 Å². The lowest BCUT2D eigenvalue weighted by Crippen LogP contribution is -1.96. The van der Waals surface area contributed by atoms with E-state index in [1.165, 1.54) is 6.07 Å². The third-order valence-electron chi connectivity index (χ3n) is 3.44. The summed E-state index contributed by atoms with van der Waals surface area (Å²) < 4.78 is 5.35. The molecule has 0 saturated heterocycles. The number of hydrogen-bond acceptors (Lipinski definition) is 4. The van der Waals surface area contributed by atoms with Gasteiger partial charge in [0.25, 0.3) is 0 Å². The molecule has 0 heterocycles. The van der Waals surface area contributed by atoms with Gasteiger partial charge in [-0.25, -0.2) is 0 Å². The van der Waals surface area contributed by atoms with Crippen LogP contribution in [0.5, 0.6) is 23.0 Å². The molecule has 4 nitrogen and oxygen atoms in total. The van der Waals surface area contributed by atoms with Gasteiger partial charge in [-0.3, -0.25) is 0 Å². The van der Waals surface area contributed by atoms with E-state index in [4.69, 9.17) is 4.74 Å². The van der Waals surface area contributed by atoms with Gasteiger partial charge in [-0.05, 0) is 44.0 Å². The highest BCUT2D eigenvalue weighted by molar-refractivity contribution is 5.83. The van der Waals surface area contributed by atoms with Crippen LogP contribution in [-0.2, 0) is 0 Å². The normalized spacial score (nSPS) is 10.6. The van der Waals surface area contributed by atoms with Gasteiger partial charge >= 0.3 is 0 Å². The van der Waals surface area contributed by atoms with Gasteiger partial charge in [-0.2, -0.15) is 0 Å². The number of rotatable bonds is 2. The highest BCUT2D eigenvalue weighted by atomic mass is 16.5. The summed E-state index contributed by atoms with van der Waals surface area (Å²) in [6.07, 6.45) is 0. The van der Waals surface area contributed by atoms with Gasteiger partial charge in [0, 0.05) is 22.8 Å². The van der Waals surface area contributed by atoms with E-state index < -0.39 is 0 Å². The van der Waals surface area contributed by atoms with Gasteiger partial charge in [0.2, 0.25) is 0 Å². The SMILES string of the molecule is COc1c(C)cc(O)c(-c2c(C)cc(O)cc2O)c1C. The van der Waals surface area contributed by atoms with Crippen LogP contribution in [0.15, 0.2) is 18.2 Å². The van der Waals surface area contributed by atoms with Crippen molar-refractivity contribution in [1.29, 1.82) is 0 Å². The average Bonchev–Trinajstić information content (AvgIpc) is 2.32. The zero-order valence-corrected chi connectivity index (χ0v) is 12.0. The monoisotopic (exact) mass is 274 g/mol. The molecule has 0 aliphatic heterocycles. The molecule has 20 heavy (non-hydrogen) atoms. The Balaban J connectivity index is 2.83. The molecule has 2 aromatic carbocycles. The maximum atomic E-state index is 10.2. The summed E-state index contributed by atoms with van der Waals surface area (Å²) in [5.74, 6) is 0.654. The number of phenols is 3. The summed E-state index contributed by atoms with van der Waals surface area (Å²) in [6, 6.07) is 4.40. The third-order valence-corrected chi connectivity index (χ3v) is 3.44. The van der Waals surface area contributed by atoms with Crippen molar-refractivity contribution in [3.05, 3.63) is 34.9 Å². The van der Waals surface area contributed by atoms with Crippen molar-refractivity contribution in [2.45, 2.75) is 20.8 Å². The first-order valence-corrected chi connectivity index (χ1v) is 6.27. The van der Waals surface area contributed by atoms with Gasteiger partial charge in [-0.1, -0.05) is 0 Å². The molecule has 0 spiro atoms. The fraction of sp³-hybridized carbons (Fsp3) is 0.250. The molecule has 4 heteroatoms. The molecule has 0 fully saturated rings. The van der Waals surface area contributed by atoms with Crippen LogP contribution in [0.25, 0.3) is 11.1 Å². The molecule has 3 N–H and O–H groups in total. The molecule has 0 aromatic heterocycles. The molecule has 2 rings (SSSR count). The van der Waals surface area contributed by atoms with Crippen LogP contribution < -0.4 is 4.74 Å². The van der Waals surface area contributed by atoms with Gasteiger partial charge < -0.3 is 20.1 Å². The Kier molecular flexibility index (Phi) is 3.49. The maximum absolute atomic E-state index is 10.2. The largest absolute Gasteiger partial charge is 0.508 e. The smallest absolute Gasteiger partial charge is 0.127 e. The molecule has 0 radical (unpaired) electrons. The van der Waals surface area contributed by atoms with Crippen molar-refractivity contribution in [3.63, 3.8) is 0 Å². The molecule has 0 atom stereocenters. The Morgan fingerprint density at radius 3 is 1.95 bits per heavy atom. The molecule has 0 bridgehead atoms. The molecule has 0 amide bonds. The fourth-order valence-corrected chi connectivity index (χ4v) is 2.65. The van der Waals surface area contributed by atoms with Crippen LogP contribution in [0.1, 0.15) is 16.7 Å². The Labute approximate surface area is 117 Å². The van der Waals surface area contributed by atoms with Crippen molar-refractivity contribution in [2.75, 3.05) is 7.11 Å². The van der Waals surface area contributed by atoms with Crippen LogP contribution in [-0.4, -0.2) is 22.4 Å². The van der Waals surface area contributed by atoms with E-state index in [0.717, 1.165) is 11.1 Å². The Morgan fingerprint density at radius 1 is 0.800 bits per heavy atom. The van der Waals surface area contributed by atoms with Gasteiger partial charge in [-0.15, -0.1) is 0 Å². The fourth-order valence-electron chi connectivity index (χ4n) is 2.65. The number of methoxy groups -OCH3 is 1. The number of hydrogen-bond donors (Lipinski definition) is 3. The van der Waals surface area contributed by atoms with E-state index in [-0.39, 0.29) is 17.2 Å². The topological polar surface area (TPSA) is 69.9 Å². The lowest BCUT2D eigenvalue weighted by Gasteiger charge is -2.18. The molecular weight excluding hydrogens is 256 g/mol. The van der Waals surface area contributed by atoms with Crippen molar-refractivity contribution in [1.82, 2.24) is 0 Å². The zero-order valence-electron chi connectivity index (χ0n) is 12.0. The lowest BCUT2D eigenvalue weighted by molar-refractivity contribution is 0.406. The first-order chi connectivity index (χ1) is 9.36. The number of aryl methyl sites for hydroxylation is 2. The second kappa shape index (κ2) is 4.96. The molecule has 0 saturated carbocycles. The maximum Gasteiger partial charge on any atom is 0.127 e. The molecule has 2 aromatic rings. The number of phenolic OH excluding ortho intramolecular Hbond substituents is 3. The van der Waals surface area contributed by atoms with Crippen LogP contribution in [0, 0.1) is 20.8 Å². The Morgan fingerprint density at radius 2 is 1.40 bits per heavy atom. The minimum atomic E-state index is -0.0770. The van der Waals surface area contributed by atoms with Crippen molar-refractivity contribution >= 4 is 0 Å². The quantitative estimate of drug-likeness (QED) is 0.785. The van der Waals surface area contributed by atoms with E-state index in [1.807, 2.05) is 13.8 Å². The predicted molar refractivity (Wildman–Crippen MR) is 77.6 cm³/mol. The van der Waals surface area contributed by atoms with E-state index in [1.54, 1.807) is 26.2 Å². The summed E-state index contributed by atoms with van der Waals surface area (Å²) in [6.45, 7) is 5.44. The Hall–Kier alpha value is -2.36. The van der Waals surface area contributed by atoms with E-state index in [2.05, 4.69) is 0 Å². The second-order valence-corrected chi connectivity index (χ2v) is 4.90. The van der Waals surface area contributed by atoms with E-state index in [0.29, 0.717) is 22.4 Å². The highest BCUT2D eigenvalue weighted by Crippen LogP contribution is 2.45. The lowest BCUT2D eigenvalue weighted by atomic mass is 9.92. The average molecular weight is 274 g/mol. The molecule has 106 valence electrons. The first kappa shape index (κ1) is 14.1. The molecule has 0 aliphatic rings. The number of benzene rings is 2. The van der Waals surface area contributed by atoms with Crippen molar-refractivity contribution < 1.29 is 20.1 Å². The van der Waals surface area contributed by atoms with Crippen molar-refractivity contribution in [3.8, 4) is 34.1 Å². The zero-order chi connectivity index (χ0) is 15.0.